The average molecular weight is 314 g/mol. The minimum Gasteiger partial charge on any atom is -0.319 e. The lowest BCUT2D eigenvalue weighted by Crippen LogP contribution is -2.32. The van der Waals surface area contributed by atoms with Gasteiger partial charge in [0.1, 0.15) is 5.69 Å². The van der Waals surface area contributed by atoms with Gasteiger partial charge in [-0.1, -0.05) is 18.2 Å². The van der Waals surface area contributed by atoms with Crippen molar-refractivity contribution in [3.8, 4) is 5.69 Å². The molecule has 2 aromatic rings. The Morgan fingerprint density at radius 3 is 2.48 bits per heavy atom. The van der Waals surface area contributed by atoms with Crippen molar-refractivity contribution in [3.63, 3.8) is 0 Å². The number of amides is 1. The Bertz CT molecular complexity index is 755. The van der Waals surface area contributed by atoms with E-state index in [1.807, 2.05) is 44.3 Å². The normalized spacial score (nSPS) is 15.0. The third-order valence-electron chi connectivity index (χ3n) is 4.38. The molecule has 0 unspecified atom stereocenters. The maximum absolute atomic E-state index is 12.7. The predicted molar refractivity (Wildman–Crippen MR) is 90.1 cm³/mol. The van der Waals surface area contributed by atoms with Crippen molar-refractivity contribution in [1.29, 1.82) is 0 Å². The largest absolute Gasteiger partial charge is 0.319 e. The molecule has 1 aromatic carbocycles. The summed E-state index contributed by atoms with van der Waals surface area (Å²) >= 11 is 0. The van der Waals surface area contributed by atoms with Crippen LogP contribution in [0.15, 0.2) is 35.1 Å². The molecule has 1 aliphatic rings. The van der Waals surface area contributed by atoms with Gasteiger partial charge in [0, 0.05) is 7.05 Å². The molecule has 0 bridgehead atoms. The Hall–Kier alpha value is -2.34. The SMILES string of the molecule is Cc1c(NC(=O)CN2CCCC2)c(=O)n(-c2ccccc2)n1C. The molecule has 0 spiro atoms. The van der Waals surface area contributed by atoms with Gasteiger partial charge in [0.2, 0.25) is 5.91 Å². The van der Waals surface area contributed by atoms with Crippen molar-refractivity contribution < 1.29 is 4.79 Å². The quantitative estimate of drug-likeness (QED) is 0.931. The Morgan fingerprint density at radius 2 is 1.83 bits per heavy atom. The molecule has 1 fully saturated rings. The molecule has 1 aromatic heterocycles. The minimum atomic E-state index is -0.203. The number of rotatable bonds is 4. The van der Waals surface area contributed by atoms with Crippen molar-refractivity contribution in [3.05, 3.63) is 46.4 Å². The third-order valence-corrected chi connectivity index (χ3v) is 4.38. The molecule has 23 heavy (non-hydrogen) atoms. The number of aromatic nitrogens is 2. The second-order valence-electron chi connectivity index (χ2n) is 5.97. The van der Waals surface area contributed by atoms with Gasteiger partial charge in [-0.2, -0.15) is 0 Å². The third kappa shape index (κ3) is 3.07. The molecule has 1 saturated heterocycles. The van der Waals surface area contributed by atoms with Crippen molar-refractivity contribution in [2.24, 2.45) is 7.05 Å². The van der Waals surface area contributed by atoms with Crippen LogP contribution in [-0.2, 0) is 11.8 Å². The van der Waals surface area contributed by atoms with Gasteiger partial charge < -0.3 is 5.32 Å². The molecule has 0 atom stereocenters. The second kappa shape index (κ2) is 6.42. The van der Waals surface area contributed by atoms with E-state index in [9.17, 15) is 9.59 Å². The van der Waals surface area contributed by atoms with E-state index in [0.717, 1.165) is 37.3 Å². The van der Waals surface area contributed by atoms with Crippen LogP contribution in [-0.4, -0.2) is 39.8 Å². The lowest BCUT2D eigenvalue weighted by Gasteiger charge is -2.13. The summed E-state index contributed by atoms with van der Waals surface area (Å²) in [6.07, 6.45) is 2.27. The Labute approximate surface area is 135 Å². The fraction of sp³-hybridized carbons (Fsp3) is 0.412. The highest BCUT2D eigenvalue weighted by Gasteiger charge is 2.20. The first-order chi connectivity index (χ1) is 11.1. The molecule has 2 heterocycles. The first-order valence-corrected chi connectivity index (χ1v) is 7.94. The lowest BCUT2D eigenvalue weighted by molar-refractivity contribution is -0.117. The zero-order valence-electron chi connectivity index (χ0n) is 13.6. The number of hydrogen-bond donors (Lipinski definition) is 1. The summed E-state index contributed by atoms with van der Waals surface area (Å²) in [7, 11) is 1.82. The summed E-state index contributed by atoms with van der Waals surface area (Å²) in [5.41, 5.74) is 1.68. The number of benzene rings is 1. The summed E-state index contributed by atoms with van der Waals surface area (Å²) in [6, 6.07) is 9.42. The van der Waals surface area contributed by atoms with Crippen LogP contribution in [0.2, 0.25) is 0 Å². The number of anilines is 1. The van der Waals surface area contributed by atoms with Crippen LogP contribution in [0.25, 0.3) is 5.69 Å². The molecule has 6 nitrogen and oxygen atoms in total. The van der Waals surface area contributed by atoms with E-state index in [1.165, 1.54) is 0 Å². The number of carbonyl (C=O) groups excluding carboxylic acids is 1. The van der Waals surface area contributed by atoms with E-state index in [2.05, 4.69) is 10.2 Å². The average Bonchev–Trinajstić information content (AvgIpc) is 3.12. The fourth-order valence-corrected chi connectivity index (χ4v) is 3.04. The summed E-state index contributed by atoms with van der Waals surface area (Å²) < 4.78 is 3.34. The molecule has 1 amide bonds. The van der Waals surface area contributed by atoms with Gasteiger partial charge in [-0.25, -0.2) is 4.68 Å². The highest BCUT2D eigenvalue weighted by atomic mass is 16.2. The van der Waals surface area contributed by atoms with Crippen LogP contribution in [0.1, 0.15) is 18.5 Å². The van der Waals surface area contributed by atoms with Crippen LogP contribution < -0.4 is 10.9 Å². The van der Waals surface area contributed by atoms with E-state index in [-0.39, 0.29) is 11.5 Å². The molecule has 1 N–H and O–H groups in total. The molecule has 0 aliphatic carbocycles. The fourth-order valence-electron chi connectivity index (χ4n) is 3.04. The van der Waals surface area contributed by atoms with Crippen LogP contribution in [0.5, 0.6) is 0 Å². The Kier molecular flexibility index (Phi) is 4.34. The van der Waals surface area contributed by atoms with E-state index >= 15 is 0 Å². The van der Waals surface area contributed by atoms with E-state index in [1.54, 1.807) is 9.36 Å². The first-order valence-electron chi connectivity index (χ1n) is 7.94. The number of nitrogens with one attached hydrogen (secondary N) is 1. The van der Waals surface area contributed by atoms with Crippen molar-refractivity contribution >= 4 is 11.6 Å². The lowest BCUT2D eigenvalue weighted by atomic mass is 10.3. The smallest absolute Gasteiger partial charge is 0.295 e. The second-order valence-corrected chi connectivity index (χ2v) is 5.97. The van der Waals surface area contributed by atoms with Gasteiger partial charge in [0.05, 0.1) is 17.9 Å². The van der Waals surface area contributed by atoms with Crippen molar-refractivity contribution in [2.45, 2.75) is 19.8 Å². The summed E-state index contributed by atoms with van der Waals surface area (Å²) in [5, 5.41) is 2.80. The van der Waals surface area contributed by atoms with E-state index in [0.29, 0.717) is 12.2 Å². The number of nitrogens with zero attached hydrogens (tertiary/aromatic N) is 3. The van der Waals surface area contributed by atoms with Gasteiger partial charge in [-0.15, -0.1) is 0 Å². The maximum atomic E-state index is 12.7. The monoisotopic (exact) mass is 314 g/mol. The number of carbonyl (C=O) groups is 1. The summed E-state index contributed by atoms with van der Waals surface area (Å²) in [6.45, 7) is 4.09. The van der Waals surface area contributed by atoms with E-state index in [4.69, 9.17) is 0 Å². The van der Waals surface area contributed by atoms with Crippen LogP contribution in [0.3, 0.4) is 0 Å². The zero-order valence-corrected chi connectivity index (χ0v) is 13.6. The molecule has 0 saturated carbocycles. The van der Waals surface area contributed by atoms with Crippen LogP contribution in [0.4, 0.5) is 5.69 Å². The van der Waals surface area contributed by atoms with Gasteiger partial charge in [-0.3, -0.25) is 19.2 Å². The summed E-state index contributed by atoms with van der Waals surface area (Å²) in [5.74, 6) is -0.127. The molecular weight excluding hydrogens is 292 g/mol. The Morgan fingerprint density at radius 1 is 1.17 bits per heavy atom. The maximum Gasteiger partial charge on any atom is 0.295 e. The van der Waals surface area contributed by atoms with E-state index < -0.39 is 0 Å². The number of para-hydroxylation sites is 1. The predicted octanol–water partition coefficient (Wildman–Crippen LogP) is 1.52. The van der Waals surface area contributed by atoms with Gasteiger partial charge >= 0.3 is 0 Å². The Balaban J connectivity index is 1.85. The molecule has 122 valence electrons. The zero-order chi connectivity index (χ0) is 16.4. The molecule has 3 rings (SSSR count). The topological polar surface area (TPSA) is 59.3 Å². The van der Waals surface area contributed by atoms with Crippen molar-refractivity contribution in [2.75, 3.05) is 25.0 Å². The van der Waals surface area contributed by atoms with Gasteiger partial charge in [0.15, 0.2) is 0 Å². The van der Waals surface area contributed by atoms with Crippen molar-refractivity contribution in [1.82, 2.24) is 14.3 Å². The highest BCUT2D eigenvalue weighted by molar-refractivity contribution is 5.92. The number of likely N-dealkylation sites (tertiary alicyclic amines) is 1. The summed E-state index contributed by atoms with van der Waals surface area (Å²) in [4.78, 5) is 27.0. The first kappa shape index (κ1) is 15.6. The molecule has 0 radical (unpaired) electrons. The van der Waals surface area contributed by atoms with Crippen LogP contribution in [0, 0.1) is 6.92 Å². The molecular formula is C17H22N4O2. The highest BCUT2D eigenvalue weighted by Crippen LogP contribution is 2.14. The molecule has 6 heteroatoms. The van der Waals surface area contributed by atoms with Gasteiger partial charge in [0.25, 0.3) is 5.56 Å². The number of hydrogen-bond acceptors (Lipinski definition) is 3. The standard InChI is InChI=1S/C17H22N4O2/c1-13-16(18-15(22)12-20-10-6-7-11-20)17(23)21(19(13)2)14-8-4-3-5-9-14/h3-5,8-9H,6-7,10-12H2,1-2H3,(H,18,22). The minimum absolute atomic E-state index is 0.127. The molecule has 1 aliphatic heterocycles. The van der Waals surface area contributed by atoms with Gasteiger partial charge in [-0.05, 0) is 45.0 Å². The van der Waals surface area contributed by atoms with Crippen LogP contribution >= 0.6 is 0 Å².